The number of para-hydroxylation sites is 1. The van der Waals surface area contributed by atoms with Gasteiger partial charge in [0.15, 0.2) is 0 Å². The highest BCUT2D eigenvalue weighted by Gasteiger charge is 2.43. The smallest absolute Gasteiger partial charge is 0.328 e. The Labute approximate surface area is 318 Å². The quantitative estimate of drug-likeness (QED) is 0.138. The van der Waals surface area contributed by atoms with Gasteiger partial charge in [0.2, 0.25) is 5.91 Å². The molecule has 2 fully saturated rings. The molecule has 284 valence electrons. The fourth-order valence-corrected chi connectivity index (χ4v) is 8.62. The number of nitrogens with one attached hydrogen (secondary N) is 2. The topological polar surface area (TPSA) is 116 Å². The highest BCUT2D eigenvalue weighted by molar-refractivity contribution is 6.06. The lowest BCUT2D eigenvalue weighted by molar-refractivity contribution is -0.131. The number of hydrogen-bond donors (Lipinski definition) is 3. The maximum absolute atomic E-state index is 14.3. The van der Waals surface area contributed by atoms with Crippen LogP contribution in [0.2, 0.25) is 0 Å². The summed E-state index contributed by atoms with van der Waals surface area (Å²) in [6, 6.07) is 21.6. The standard InChI is InChI=1S/C44H53N5O5/c1-47(2)25-26-48(3)34-28-49-37-27-32(18-21-35(37)40(31-11-5-4-6-12-31)41(49)36-13-7-8-14-38(36)54-29-34)42(52)46-44(23-9-10-24-44)43(53)45-33-19-15-30(16-20-33)17-22-39(50)51/h7-8,13-22,27,31,34H,4-6,9-12,23-26,28-29H2,1-3H3,(H,45,53)(H,46,52)(H,50,51)/t34-/m1/s1. The van der Waals surface area contributed by atoms with Crippen LogP contribution < -0.4 is 15.4 Å². The van der Waals surface area contributed by atoms with E-state index in [1.807, 2.05) is 18.2 Å². The van der Waals surface area contributed by atoms with E-state index in [1.54, 1.807) is 24.3 Å². The number of benzene rings is 3. The van der Waals surface area contributed by atoms with Gasteiger partial charge in [0.25, 0.3) is 5.91 Å². The number of carbonyl (C=O) groups is 3. The molecule has 2 aliphatic carbocycles. The first-order valence-electron chi connectivity index (χ1n) is 19.5. The molecular formula is C44H53N5O5. The zero-order valence-corrected chi connectivity index (χ0v) is 31.8. The van der Waals surface area contributed by atoms with Crippen LogP contribution in [0, 0.1) is 0 Å². The third kappa shape index (κ3) is 7.95. The van der Waals surface area contributed by atoms with Gasteiger partial charge in [0.05, 0.1) is 11.7 Å². The Morgan fingerprint density at radius 2 is 1.67 bits per heavy atom. The number of carboxylic acid groups (broad SMARTS) is 1. The summed E-state index contributed by atoms with van der Waals surface area (Å²) in [6.45, 7) is 3.11. The van der Waals surface area contributed by atoms with Crippen molar-refractivity contribution in [2.45, 2.75) is 81.8 Å². The fraction of sp³-hybridized carbons (Fsp3) is 0.432. The normalized spacial score (nSPS) is 18.6. The summed E-state index contributed by atoms with van der Waals surface area (Å²) < 4.78 is 9.07. The number of anilines is 1. The van der Waals surface area contributed by atoms with Gasteiger partial charge in [-0.25, -0.2) is 4.79 Å². The Morgan fingerprint density at radius 3 is 2.39 bits per heavy atom. The van der Waals surface area contributed by atoms with Crippen LogP contribution in [-0.4, -0.2) is 89.7 Å². The SMILES string of the molecule is CN(C)CCN(C)[C@H]1COc2ccccc2-c2c(C3CCCCC3)c3ccc(C(=O)NC4(C(=O)Nc5ccc(C=CC(=O)O)cc5)CCCC4)cc3n2C1. The van der Waals surface area contributed by atoms with Crippen molar-refractivity contribution in [2.75, 3.05) is 46.2 Å². The van der Waals surface area contributed by atoms with Crippen LogP contribution in [-0.2, 0) is 16.1 Å². The predicted octanol–water partition coefficient (Wildman–Crippen LogP) is 7.39. The van der Waals surface area contributed by atoms with E-state index in [1.165, 1.54) is 42.0 Å². The van der Waals surface area contributed by atoms with E-state index in [2.05, 4.69) is 70.4 Å². The van der Waals surface area contributed by atoms with E-state index in [-0.39, 0.29) is 17.9 Å². The molecule has 1 aliphatic heterocycles. The number of fused-ring (bicyclic) bond motifs is 5. The van der Waals surface area contributed by atoms with Crippen molar-refractivity contribution in [1.29, 1.82) is 0 Å². The summed E-state index contributed by atoms with van der Waals surface area (Å²) in [7, 11) is 6.37. The van der Waals surface area contributed by atoms with E-state index < -0.39 is 11.5 Å². The highest BCUT2D eigenvalue weighted by Crippen LogP contribution is 2.47. The maximum atomic E-state index is 14.3. The summed E-state index contributed by atoms with van der Waals surface area (Å²) in [6.07, 6.45) is 11.3. The molecule has 3 aliphatic rings. The van der Waals surface area contributed by atoms with Crippen LogP contribution >= 0.6 is 0 Å². The number of likely N-dealkylation sites (N-methyl/N-ethyl adjacent to an activating group) is 2. The lowest BCUT2D eigenvalue weighted by atomic mass is 9.81. The zero-order valence-electron chi connectivity index (χ0n) is 31.8. The fourth-order valence-electron chi connectivity index (χ4n) is 8.62. The summed E-state index contributed by atoms with van der Waals surface area (Å²) >= 11 is 0. The number of carbonyl (C=O) groups excluding carboxylic acids is 2. The first-order chi connectivity index (χ1) is 26.1. The third-order valence-electron chi connectivity index (χ3n) is 11.7. The Bertz CT molecular complexity index is 2020. The van der Waals surface area contributed by atoms with Crippen LogP contribution in [0.25, 0.3) is 28.2 Å². The molecule has 3 aromatic carbocycles. The van der Waals surface area contributed by atoms with Gasteiger partial charge < -0.3 is 29.9 Å². The van der Waals surface area contributed by atoms with E-state index >= 15 is 0 Å². The van der Waals surface area contributed by atoms with Crippen molar-refractivity contribution in [1.82, 2.24) is 19.7 Å². The van der Waals surface area contributed by atoms with Gasteiger partial charge in [0.1, 0.15) is 17.9 Å². The molecule has 0 unspecified atom stereocenters. The molecular weight excluding hydrogens is 679 g/mol. The molecule has 4 aromatic rings. The van der Waals surface area contributed by atoms with E-state index in [0.29, 0.717) is 42.2 Å². The molecule has 0 bridgehead atoms. The van der Waals surface area contributed by atoms with Crippen LogP contribution in [0.4, 0.5) is 5.69 Å². The second-order valence-electron chi connectivity index (χ2n) is 15.7. The van der Waals surface area contributed by atoms with Crippen LogP contribution in [0.1, 0.15) is 85.2 Å². The van der Waals surface area contributed by atoms with Gasteiger partial charge in [-0.3, -0.25) is 14.5 Å². The van der Waals surface area contributed by atoms with Crippen molar-refractivity contribution >= 4 is 40.4 Å². The lowest BCUT2D eigenvalue weighted by Gasteiger charge is -2.33. The van der Waals surface area contributed by atoms with Crippen LogP contribution in [0.15, 0.2) is 72.8 Å². The molecule has 0 radical (unpaired) electrons. The summed E-state index contributed by atoms with van der Waals surface area (Å²) in [5.41, 5.74) is 5.51. The number of carboxylic acids is 1. The Balaban J connectivity index is 1.24. The van der Waals surface area contributed by atoms with Crippen molar-refractivity contribution in [3.63, 3.8) is 0 Å². The second-order valence-corrected chi connectivity index (χ2v) is 15.7. The van der Waals surface area contributed by atoms with Crippen molar-refractivity contribution < 1.29 is 24.2 Å². The first-order valence-corrected chi connectivity index (χ1v) is 19.5. The summed E-state index contributed by atoms with van der Waals surface area (Å²) in [5, 5.41) is 16.4. The summed E-state index contributed by atoms with van der Waals surface area (Å²) in [4.78, 5) is 43.7. The molecule has 0 saturated heterocycles. The number of amides is 2. The van der Waals surface area contributed by atoms with E-state index in [4.69, 9.17) is 9.84 Å². The minimum Gasteiger partial charge on any atom is -0.491 e. The van der Waals surface area contributed by atoms with Gasteiger partial charge >= 0.3 is 5.97 Å². The molecule has 2 saturated carbocycles. The molecule has 2 amide bonds. The van der Waals surface area contributed by atoms with E-state index in [9.17, 15) is 14.4 Å². The van der Waals surface area contributed by atoms with Crippen LogP contribution in [0.5, 0.6) is 5.75 Å². The second kappa shape index (κ2) is 16.2. The molecule has 1 atom stereocenters. The average Bonchev–Trinajstić information content (AvgIpc) is 3.77. The maximum Gasteiger partial charge on any atom is 0.328 e. The summed E-state index contributed by atoms with van der Waals surface area (Å²) in [5.74, 6) is -0.210. The molecule has 10 nitrogen and oxygen atoms in total. The Hall–Kier alpha value is -4.93. The third-order valence-corrected chi connectivity index (χ3v) is 11.7. The van der Waals surface area contributed by atoms with Crippen LogP contribution in [0.3, 0.4) is 0 Å². The molecule has 2 heterocycles. The number of nitrogens with zero attached hydrogens (tertiary/aromatic N) is 3. The number of ether oxygens (including phenoxy) is 1. The first kappa shape index (κ1) is 37.4. The number of rotatable bonds is 11. The van der Waals surface area contributed by atoms with Gasteiger partial charge in [-0.1, -0.05) is 62.4 Å². The predicted molar refractivity (Wildman–Crippen MR) is 214 cm³/mol. The number of hydrogen-bond acceptors (Lipinski definition) is 6. The van der Waals surface area contributed by atoms with Gasteiger partial charge in [-0.05, 0) is 106 Å². The molecule has 10 heteroatoms. The van der Waals surface area contributed by atoms with Gasteiger partial charge in [0, 0.05) is 53.4 Å². The lowest BCUT2D eigenvalue weighted by Crippen LogP contribution is -2.55. The Kier molecular flexibility index (Phi) is 11.2. The molecule has 54 heavy (non-hydrogen) atoms. The molecule has 3 N–H and O–H groups in total. The van der Waals surface area contributed by atoms with Crippen molar-refractivity contribution in [3.8, 4) is 17.0 Å². The van der Waals surface area contributed by atoms with E-state index in [0.717, 1.165) is 68.2 Å². The highest BCUT2D eigenvalue weighted by atomic mass is 16.5. The largest absolute Gasteiger partial charge is 0.491 e. The molecule has 0 spiro atoms. The zero-order chi connectivity index (χ0) is 37.8. The number of aromatic nitrogens is 1. The number of aliphatic carboxylic acids is 1. The average molecular weight is 732 g/mol. The molecule has 1 aromatic heterocycles. The van der Waals surface area contributed by atoms with Crippen molar-refractivity contribution in [3.05, 3.63) is 89.5 Å². The molecule has 7 rings (SSSR count). The van der Waals surface area contributed by atoms with Gasteiger partial charge in [-0.15, -0.1) is 0 Å². The van der Waals surface area contributed by atoms with Crippen molar-refractivity contribution in [2.24, 2.45) is 0 Å². The van der Waals surface area contributed by atoms with Gasteiger partial charge in [-0.2, -0.15) is 0 Å². The minimum atomic E-state index is -1.04. The Morgan fingerprint density at radius 1 is 0.926 bits per heavy atom. The monoisotopic (exact) mass is 731 g/mol. The minimum absolute atomic E-state index is 0.108.